The van der Waals surface area contributed by atoms with E-state index in [9.17, 15) is 9.59 Å². The second-order valence-electron chi connectivity index (χ2n) is 5.13. The van der Waals surface area contributed by atoms with E-state index in [1.807, 2.05) is 26.0 Å². The van der Waals surface area contributed by atoms with Gasteiger partial charge in [0, 0.05) is 0 Å². The Balaban J connectivity index is 2.06. The fourth-order valence-electron chi connectivity index (χ4n) is 2.33. The molecule has 0 amide bonds. The molecule has 0 aliphatic rings. The topological polar surface area (TPSA) is 69.0 Å². The molecule has 0 unspecified atom stereocenters. The summed E-state index contributed by atoms with van der Waals surface area (Å²) in [5.74, 6) is 0.693. The Hall–Kier alpha value is -3.02. The summed E-state index contributed by atoms with van der Waals surface area (Å²) in [5.41, 5.74) is 1.26. The number of benzene rings is 2. The summed E-state index contributed by atoms with van der Waals surface area (Å²) in [6, 6.07) is 14.2. The van der Waals surface area contributed by atoms with Gasteiger partial charge >= 0.3 is 11.4 Å². The number of nitrogens with one attached hydrogen (secondary N) is 1. The molecule has 2 aromatic carbocycles. The minimum Gasteiger partial charge on any atom is -0.494 e. The van der Waals surface area contributed by atoms with Gasteiger partial charge < -0.3 is 4.74 Å². The van der Waals surface area contributed by atoms with Crippen LogP contribution in [0.25, 0.3) is 11.4 Å². The highest BCUT2D eigenvalue weighted by Gasteiger charge is 2.12. The van der Waals surface area contributed by atoms with E-state index in [0.29, 0.717) is 23.7 Å². The van der Waals surface area contributed by atoms with Gasteiger partial charge in [0.05, 0.1) is 18.0 Å². The molecule has 0 spiro atoms. The smallest absolute Gasteiger partial charge is 0.356 e. The van der Waals surface area contributed by atoms with E-state index in [4.69, 9.17) is 4.74 Å². The van der Waals surface area contributed by atoms with Crippen LogP contribution in [0.5, 0.6) is 5.75 Å². The summed E-state index contributed by atoms with van der Waals surface area (Å²) in [5, 5.41) is 2.57. The predicted octanol–water partition coefficient (Wildman–Crippen LogP) is 2.02. The van der Waals surface area contributed by atoms with Crippen LogP contribution < -0.4 is 16.1 Å². The number of nitrogens with zero attached hydrogens (tertiary/aromatic N) is 2. The van der Waals surface area contributed by atoms with E-state index in [0.717, 1.165) is 10.1 Å². The second-order valence-corrected chi connectivity index (χ2v) is 5.13. The number of aromatic nitrogens is 3. The average Bonchev–Trinajstić information content (AvgIpc) is 2.84. The lowest BCUT2D eigenvalue weighted by atomic mass is 10.2. The molecule has 1 aromatic heterocycles. The van der Waals surface area contributed by atoms with Crippen LogP contribution in [0.4, 0.5) is 0 Å². The fraction of sp³-hybridized carbons (Fsp3) is 0.176. The van der Waals surface area contributed by atoms with Crippen LogP contribution in [-0.2, 0) is 0 Å². The van der Waals surface area contributed by atoms with Gasteiger partial charge in [0.25, 0.3) is 0 Å². The quantitative estimate of drug-likeness (QED) is 0.801. The molecule has 0 saturated heterocycles. The molecule has 1 N–H and O–H groups in total. The molecule has 0 atom stereocenters. The van der Waals surface area contributed by atoms with Crippen molar-refractivity contribution in [1.29, 1.82) is 0 Å². The zero-order valence-electron chi connectivity index (χ0n) is 12.9. The van der Waals surface area contributed by atoms with Crippen LogP contribution in [0.15, 0.2) is 58.1 Å². The summed E-state index contributed by atoms with van der Waals surface area (Å²) < 4.78 is 7.69. The van der Waals surface area contributed by atoms with Crippen LogP contribution in [0.1, 0.15) is 12.5 Å². The molecule has 0 saturated carbocycles. The zero-order chi connectivity index (χ0) is 16.4. The Bertz CT molecular complexity index is 915. The summed E-state index contributed by atoms with van der Waals surface area (Å²) in [4.78, 5) is 24.7. The van der Waals surface area contributed by atoms with Gasteiger partial charge in [-0.05, 0) is 50.2 Å². The Morgan fingerprint density at radius 1 is 0.957 bits per heavy atom. The first kappa shape index (κ1) is 14.9. The number of hydrogen-bond acceptors (Lipinski definition) is 3. The summed E-state index contributed by atoms with van der Waals surface area (Å²) in [7, 11) is 0. The SMILES string of the molecule is CCOc1ccc(-n2c(=O)[nH]n(-c3ccc(C)cc3)c2=O)cc1. The van der Waals surface area contributed by atoms with Gasteiger partial charge in [-0.1, -0.05) is 17.7 Å². The molecule has 0 bridgehead atoms. The molecule has 0 aliphatic heterocycles. The molecule has 118 valence electrons. The van der Waals surface area contributed by atoms with Crippen molar-refractivity contribution in [1.82, 2.24) is 14.3 Å². The van der Waals surface area contributed by atoms with Gasteiger partial charge in [0.2, 0.25) is 0 Å². The maximum Gasteiger partial charge on any atom is 0.356 e. The van der Waals surface area contributed by atoms with E-state index in [-0.39, 0.29) is 0 Å². The van der Waals surface area contributed by atoms with Crippen LogP contribution >= 0.6 is 0 Å². The first-order valence-corrected chi connectivity index (χ1v) is 7.34. The number of H-pyrrole nitrogens is 1. The number of hydrogen-bond donors (Lipinski definition) is 1. The van der Waals surface area contributed by atoms with Gasteiger partial charge in [0.1, 0.15) is 5.75 Å². The Kier molecular flexibility index (Phi) is 3.89. The van der Waals surface area contributed by atoms with Crippen LogP contribution in [0.2, 0.25) is 0 Å². The van der Waals surface area contributed by atoms with E-state index in [1.165, 1.54) is 4.68 Å². The third-order valence-corrected chi connectivity index (χ3v) is 3.49. The molecule has 6 nitrogen and oxygen atoms in total. The monoisotopic (exact) mass is 311 g/mol. The minimum absolute atomic E-state index is 0.442. The van der Waals surface area contributed by atoms with Crippen molar-refractivity contribution in [2.24, 2.45) is 0 Å². The Labute approximate surface area is 132 Å². The predicted molar refractivity (Wildman–Crippen MR) is 87.9 cm³/mol. The van der Waals surface area contributed by atoms with E-state index in [1.54, 1.807) is 36.4 Å². The highest BCUT2D eigenvalue weighted by molar-refractivity contribution is 5.38. The molecule has 1 heterocycles. The highest BCUT2D eigenvalue weighted by Crippen LogP contribution is 2.13. The second kappa shape index (κ2) is 6.00. The fourth-order valence-corrected chi connectivity index (χ4v) is 2.33. The maximum absolute atomic E-state index is 12.5. The molecule has 6 heteroatoms. The molecule has 3 aromatic rings. The first-order valence-electron chi connectivity index (χ1n) is 7.34. The lowest BCUT2D eigenvalue weighted by molar-refractivity contribution is 0.340. The third-order valence-electron chi connectivity index (χ3n) is 3.49. The van der Waals surface area contributed by atoms with Crippen molar-refractivity contribution in [2.75, 3.05) is 6.61 Å². The number of aryl methyl sites for hydroxylation is 1. The van der Waals surface area contributed by atoms with Crippen molar-refractivity contribution < 1.29 is 4.74 Å². The first-order chi connectivity index (χ1) is 11.1. The van der Waals surface area contributed by atoms with Crippen molar-refractivity contribution >= 4 is 0 Å². The van der Waals surface area contributed by atoms with Crippen LogP contribution in [0.3, 0.4) is 0 Å². The Morgan fingerprint density at radius 3 is 2.17 bits per heavy atom. The Morgan fingerprint density at radius 2 is 1.57 bits per heavy atom. The van der Waals surface area contributed by atoms with Crippen LogP contribution in [0, 0.1) is 6.92 Å². The molecule has 3 rings (SSSR count). The van der Waals surface area contributed by atoms with Gasteiger partial charge in [-0.3, -0.25) is 0 Å². The van der Waals surface area contributed by atoms with E-state index in [2.05, 4.69) is 5.10 Å². The third kappa shape index (κ3) is 2.83. The summed E-state index contributed by atoms with van der Waals surface area (Å²) >= 11 is 0. The average molecular weight is 311 g/mol. The normalized spacial score (nSPS) is 10.7. The van der Waals surface area contributed by atoms with Gasteiger partial charge in [0.15, 0.2) is 0 Å². The molecule has 0 fully saturated rings. The summed E-state index contributed by atoms with van der Waals surface area (Å²) in [6.07, 6.45) is 0. The lowest BCUT2D eigenvalue weighted by Crippen LogP contribution is -2.26. The molecular formula is C17H17N3O3. The van der Waals surface area contributed by atoms with Gasteiger partial charge in [-0.2, -0.15) is 0 Å². The van der Waals surface area contributed by atoms with E-state index >= 15 is 0 Å². The summed E-state index contributed by atoms with van der Waals surface area (Å²) in [6.45, 7) is 4.41. The lowest BCUT2D eigenvalue weighted by Gasteiger charge is -2.04. The number of aromatic amines is 1. The largest absolute Gasteiger partial charge is 0.494 e. The molecular weight excluding hydrogens is 294 g/mol. The van der Waals surface area contributed by atoms with Gasteiger partial charge in [-0.15, -0.1) is 0 Å². The van der Waals surface area contributed by atoms with Crippen molar-refractivity contribution in [3.05, 3.63) is 75.1 Å². The van der Waals surface area contributed by atoms with E-state index < -0.39 is 11.4 Å². The van der Waals surface area contributed by atoms with Crippen molar-refractivity contribution in [3.8, 4) is 17.1 Å². The standard InChI is InChI=1S/C17H17N3O3/c1-3-23-15-10-8-13(9-11-15)19-16(21)18-20(17(19)22)14-6-4-12(2)5-7-14/h4-11H,3H2,1-2H3,(H,18,21). The molecule has 0 aliphatic carbocycles. The van der Waals surface area contributed by atoms with Gasteiger partial charge in [-0.25, -0.2) is 23.9 Å². The molecule has 0 radical (unpaired) electrons. The van der Waals surface area contributed by atoms with Crippen LogP contribution in [-0.4, -0.2) is 21.0 Å². The van der Waals surface area contributed by atoms with Crippen molar-refractivity contribution in [3.63, 3.8) is 0 Å². The van der Waals surface area contributed by atoms with Crippen molar-refractivity contribution in [2.45, 2.75) is 13.8 Å². The maximum atomic E-state index is 12.5. The zero-order valence-corrected chi connectivity index (χ0v) is 12.9. The molecule has 23 heavy (non-hydrogen) atoms. The number of rotatable bonds is 4. The number of ether oxygens (including phenoxy) is 1. The highest BCUT2D eigenvalue weighted by atomic mass is 16.5. The minimum atomic E-state index is -0.486.